The van der Waals surface area contributed by atoms with Crippen LogP contribution in [0.15, 0.2) is 54.9 Å². The highest BCUT2D eigenvalue weighted by atomic mass is 16.5. The van der Waals surface area contributed by atoms with Gasteiger partial charge in [0.25, 0.3) is 0 Å². The maximum atomic E-state index is 6.48. The normalized spacial score (nSPS) is 19.2. The Kier molecular flexibility index (Phi) is 4.32. The minimum atomic E-state index is 0.455. The molecule has 2 aliphatic rings. The van der Waals surface area contributed by atoms with Crippen molar-refractivity contribution in [2.24, 2.45) is 0 Å². The smallest absolute Gasteiger partial charge is 0.140 e. The predicted molar refractivity (Wildman–Crippen MR) is 112 cm³/mol. The van der Waals surface area contributed by atoms with E-state index in [0.29, 0.717) is 12.1 Å². The highest BCUT2D eigenvalue weighted by molar-refractivity contribution is 5.78. The molecule has 5 heteroatoms. The van der Waals surface area contributed by atoms with Gasteiger partial charge in [-0.15, -0.1) is 0 Å². The zero-order valence-corrected chi connectivity index (χ0v) is 16.4. The van der Waals surface area contributed by atoms with E-state index in [9.17, 15) is 0 Å². The first-order valence-corrected chi connectivity index (χ1v) is 10.1. The van der Waals surface area contributed by atoms with Gasteiger partial charge in [0.2, 0.25) is 0 Å². The molecule has 5 nitrogen and oxygen atoms in total. The number of anilines is 1. The van der Waals surface area contributed by atoms with E-state index in [-0.39, 0.29) is 0 Å². The summed E-state index contributed by atoms with van der Waals surface area (Å²) in [6, 6.07) is 15.5. The Labute approximate surface area is 165 Å². The Morgan fingerprint density at radius 3 is 2.68 bits per heavy atom. The molecule has 0 bridgehead atoms. The van der Waals surface area contributed by atoms with Gasteiger partial charge in [-0.1, -0.05) is 18.2 Å². The first-order chi connectivity index (χ1) is 13.7. The van der Waals surface area contributed by atoms with Crippen molar-refractivity contribution in [2.45, 2.75) is 31.8 Å². The van der Waals surface area contributed by atoms with E-state index in [1.807, 2.05) is 36.5 Å². The Hall–Kier alpha value is -2.79. The van der Waals surface area contributed by atoms with Crippen molar-refractivity contribution in [3.05, 3.63) is 60.4 Å². The molecule has 0 saturated carbocycles. The maximum Gasteiger partial charge on any atom is 0.140 e. The van der Waals surface area contributed by atoms with Crippen LogP contribution in [0.4, 0.5) is 5.69 Å². The quantitative estimate of drug-likeness (QED) is 0.741. The van der Waals surface area contributed by atoms with Crippen LogP contribution < -0.4 is 15.0 Å². The van der Waals surface area contributed by atoms with Crippen LogP contribution in [0.25, 0.3) is 11.1 Å². The van der Waals surface area contributed by atoms with E-state index in [4.69, 9.17) is 4.74 Å². The van der Waals surface area contributed by atoms with E-state index < -0.39 is 0 Å². The molecule has 0 amide bonds. The molecular formula is C23H26N4O. The summed E-state index contributed by atoms with van der Waals surface area (Å²) in [7, 11) is 2.18. The third-order valence-electron chi connectivity index (χ3n) is 6.10. The van der Waals surface area contributed by atoms with Crippen molar-refractivity contribution >= 4 is 5.69 Å². The number of aromatic nitrogens is 2. The zero-order chi connectivity index (χ0) is 19.1. The average Bonchev–Trinajstić information content (AvgIpc) is 3.13. The summed E-state index contributed by atoms with van der Waals surface area (Å²) < 4.78 is 8.56. The van der Waals surface area contributed by atoms with Crippen LogP contribution in [0.3, 0.4) is 0 Å². The Bertz CT molecular complexity index is 978. The molecule has 2 aromatic carbocycles. The van der Waals surface area contributed by atoms with E-state index >= 15 is 0 Å². The second-order valence-corrected chi connectivity index (χ2v) is 7.87. The lowest BCUT2D eigenvalue weighted by molar-refractivity contribution is 0.318. The molecule has 1 fully saturated rings. The molecule has 5 rings (SSSR count). The van der Waals surface area contributed by atoms with Crippen molar-refractivity contribution in [2.75, 3.05) is 25.0 Å². The number of fused-ring (bicyclic) bond motifs is 1. The van der Waals surface area contributed by atoms with Crippen LogP contribution in [-0.4, -0.2) is 36.0 Å². The van der Waals surface area contributed by atoms with Crippen LogP contribution in [-0.2, 0) is 6.42 Å². The number of nitrogens with zero attached hydrogens (tertiary/aromatic N) is 3. The molecule has 0 aliphatic carbocycles. The molecule has 1 atom stereocenters. The van der Waals surface area contributed by atoms with E-state index in [0.717, 1.165) is 48.6 Å². The van der Waals surface area contributed by atoms with Gasteiger partial charge in [0.1, 0.15) is 11.5 Å². The van der Waals surface area contributed by atoms with Crippen molar-refractivity contribution in [1.82, 2.24) is 15.1 Å². The highest BCUT2D eigenvalue weighted by Crippen LogP contribution is 2.44. The van der Waals surface area contributed by atoms with E-state index in [2.05, 4.69) is 52.3 Å². The van der Waals surface area contributed by atoms with Crippen molar-refractivity contribution < 1.29 is 4.74 Å². The highest BCUT2D eigenvalue weighted by Gasteiger charge is 2.27. The molecule has 0 spiro atoms. The number of para-hydroxylation sites is 1. The summed E-state index contributed by atoms with van der Waals surface area (Å²) in [6.45, 7) is 4.26. The molecule has 0 radical (unpaired) electrons. The Morgan fingerprint density at radius 2 is 1.93 bits per heavy atom. The summed E-state index contributed by atoms with van der Waals surface area (Å²) in [5, 5.41) is 7.92. The lowest BCUT2D eigenvalue weighted by Gasteiger charge is -2.35. The molecule has 3 heterocycles. The SMILES string of the molecule is C[C@H]1CCc2c(ccc(-c3cnn(C4CNC4)c3)c2Oc2ccccc2)N1C. The molecule has 3 aromatic rings. The summed E-state index contributed by atoms with van der Waals surface area (Å²) >= 11 is 0. The summed E-state index contributed by atoms with van der Waals surface area (Å²) in [6.07, 6.45) is 6.27. The van der Waals surface area contributed by atoms with Gasteiger partial charge >= 0.3 is 0 Å². The van der Waals surface area contributed by atoms with Gasteiger partial charge in [0.15, 0.2) is 0 Å². The summed E-state index contributed by atoms with van der Waals surface area (Å²) in [4.78, 5) is 2.37. The maximum absolute atomic E-state index is 6.48. The molecule has 2 aliphatic heterocycles. The topological polar surface area (TPSA) is 42.3 Å². The molecule has 1 aromatic heterocycles. The van der Waals surface area contributed by atoms with Gasteiger partial charge in [0.05, 0.1) is 12.2 Å². The number of benzene rings is 2. The average molecular weight is 374 g/mol. The zero-order valence-electron chi connectivity index (χ0n) is 16.4. The predicted octanol–water partition coefficient (Wildman–Crippen LogP) is 4.26. The van der Waals surface area contributed by atoms with Gasteiger partial charge in [0, 0.05) is 54.8 Å². The molecule has 1 N–H and O–H groups in total. The lowest BCUT2D eigenvalue weighted by atomic mass is 9.93. The van der Waals surface area contributed by atoms with E-state index in [1.165, 1.54) is 11.3 Å². The Balaban J connectivity index is 1.60. The number of nitrogens with one attached hydrogen (secondary N) is 1. The van der Waals surface area contributed by atoms with Crippen LogP contribution in [0.2, 0.25) is 0 Å². The number of ether oxygens (including phenoxy) is 1. The first-order valence-electron chi connectivity index (χ1n) is 10.1. The van der Waals surface area contributed by atoms with E-state index in [1.54, 1.807) is 0 Å². The van der Waals surface area contributed by atoms with Gasteiger partial charge in [-0.3, -0.25) is 4.68 Å². The van der Waals surface area contributed by atoms with Gasteiger partial charge in [-0.05, 0) is 44.0 Å². The van der Waals surface area contributed by atoms with Gasteiger partial charge in [-0.25, -0.2) is 0 Å². The molecule has 0 unspecified atom stereocenters. The van der Waals surface area contributed by atoms with Crippen LogP contribution in [0.1, 0.15) is 24.9 Å². The van der Waals surface area contributed by atoms with Crippen LogP contribution in [0.5, 0.6) is 11.5 Å². The minimum Gasteiger partial charge on any atom is -0.456 e. The van der Waals surface area contributed by atoms with Crippen molar-refractivity contribution in [3.63, 3.8) is 0 Å². The second-order valence-electron chi connectivity index (χ2n) is 7.87. The van der Waals surface area contributed by atoms with Crippen molar-refractivity contribution in [1.29, 1.82) is 0 Å². The molecule has 144 valence electrons. The van der Waals surface area contributed by atoms with Crippen LogP contribution >= 0.6 is 0 Å². The second kappa shape index (κ2) is 6.99. The molecular weight excluding hydrogens is 348 g/mol. The van der Waals surface area contributed by atoms with Crippen molar-refractivity contribution in [3.8, 4) is 22.6 Å². The summed E-state index contributed by atoms with van der Waals surface area (Å²) in [5.41, 5.74) is 4.79. The van der Waals surface area contributed by atoms with Gasteiger partial charge < -0.3 is 15.0 Å². The van der Waals surface area contributed by atoms with Gasteiger partial charge in [-0.2, -0.15) is 5.10 Å². The molecule has 1 saturated heterocycles. The fourth-order valence-electron chi connectivity index (χ4n) is 4.06. The third kappa shape index (κ3) is 2.96. The number of rotatable bonds is 4. The number of hydrogen-bond donors (Lipinski definition) is 1. The largest absolute Gasteiger partial charge is 0.456 e. The Morgan fingerprint density at radius 1 is 1.11 bits per heavy atom. The fraction of sp³-hybridized carbons (Fsp3) is 0.348. The van der Waals surface area contributed by atoms with Crippen LogP contribution in [0, 0.1) is 0 Å². The first kappa shape index (κ1) is 17.3. The molecule has 28 heavy (non-hydrogen) atoms. The standard InChI is InChI=1S/C23H26N4O/c1-16-8-9-21-22(26(16)2)11-10-20(23(21)28-19-6-4-3-5-7-19)17-12-25-27(15-17)18-13-24-14-18/h3-7,10-12,15-16,18,24H,8-9,13-14H2,1-2H3/t16-/m0/s1. The minimum absolute atomic E-state index is 0.455. The summed E-state index contributed by atoms with van der Waals surface area (Å²) in [5.74, 6) is 1.84. The lowest BCUT2D eigenvalue weighted by Crippen LogP contribution is -2.43. The number of hydrogen-bond acceptors (Lipinski definition) is 4. The third-order valence-corrected chi connectivity index (χ3v) is 6.10. The fourth-order valence-corrected chi connectivity index (χ4v) is 4.06. The monoisotopic (exact) mass is 374 g/mol.